The van der Waals surface area contributed by atoms with Crippen LogP contribution >= 0.6 is 0 Å². The Labute approximate surface area is 95.9 Å². The van der Waals surface area contributed by atoms with Gasteiger partial charge in [-0.2, -0.15) is 0 Å². The molecule has 0 N–H and O–H groups in total. The maximum absolute atomic E-state index is 11.3. The summed E-state index contributed by atoms with van der Waals surface area (Å²) >= 11 is 0. The molecule has 1 aromatic rings. The van der Waals surface area contributed by atoms with E-state index in [2.05, 4.69) is 6.58 Å². The Morgan fingerprint density at radius 3 is 2.75 bits per heavy atom. The number of ketones is 1. The van der Waals surface area contributed by atoms with Crippen molar-refractivity contribution in [3.8, 4) is 5.75 Å². The van der Waals surface area contributed by atoms with Gasteiger partial charge >= 0.3 is 0 Å². The molecule has 1 aliphatic rings. The first kappa shape index (κ1) is 10.9. The summed E-state index contributed by atoms with van der Waals surface area (Å²) in [5.41, 5.74) is 2.51. The van der Waals surface area contributed by atoms with Crippen LogP contribution in [-0.2, 0) is 0 Å². The second kappa shape index (κ2) is 3.48. The highest BCUT2D eigenvalue weighted by molar-refractivity contribution is 5.95. The quantitative estimate of drug-likeness (QED) is 0.672. The number of carbonyl (C=O) groups excluding carboxylic acids is 1. The van der Waals surface area contributed by atoms with Gasteiger partial charge in [-0.15, -0.1) is 0 Å². The van der Waals surface area contributed by atoms with E-state index in [1.807, 2.05) is 26.0 Å². The summed E-state index contributed by atoms with van der Waals surface area (Å²) < 4.78 is 5.85. The Morgan fingerprint density at radius 2 is 2.12 bits per heavy atom. The van der Waals surface area contributed by atoms with Gasteiger partial charge < -0.3 is 4.74 Å². The van der Waals surface area contributed by atoms with Gasteiger partial charge in [-0.25, -0.2) is 0 Å². The lowest BCUT2D eigenvalue weighted by atomic mass is 9.89. The van der Waals surface area contributed by atoms with Crippen molar-refractivity contribution in [3.63, 3.8) is 0 Å². The fourth-order valence-electron chi connectivity index (χ4n) is 2.06. The Kier molecular flexibility index (Phi) is 2.38. The highest BCUT2D eigenvalue weighted by atomic mass is 16.5. The Hall–Kier alpha value is -1.57. The van der Waals surface area contributed by atoms with Crippen LogP contribution in [0.5, 0.6) is 5.75 Å². The molecule has 1 heterocycles. The number of carbonyl (C=O) groups is 1. The second-order valence-corrected chi connectivity index (χ2v) is 4.91. The molecule has 0 saturated heterocycles. The van der Waals surface area contributed by atoms with E-state index in [1.54, 1.807) is 13.0 Å². The largest absolute Gasteiger partial charge is 0.487 e. The molecule has 0 atom stereocenters. The normalized spacial score (nSPS) is 17.6. The Morgan fingerprint density at radius 1 is 1.44 bits per heavy atom. The third kappa shape index (κ3) is 1.87. The molecule has 0 aromatic heterocycles. The lowest BCUT2D eigenvalue weighted by molar-refractivity contribution is 0.101. The first-order valence-corrected chi connectivity index (χ1v) is 5.41. The van der Waals surface area contributed by atoms with Crippen molar-refractivity contribution in [2.45, 2.75) is 32.8 Å². The summed E-state index contributed by atoms with van der Waals surface area (Å²) in [6.07, 6.45) is 0.793. The van der Waals surface area contributed by atoms with E-state index in [0.717, 1.165) is 23.3 Å². The van der Waals surface area contributed by atoms with Crippen LogP contribution in [0.4, 0.5) is 0 Å². The Bertz CT molecular complexity index is 470. The number of hydrogen-bond acceptors (Lipinski definition) is 2. The molecule has 2 nitrogen and oxygen atoms in total. The van der Waals surface area contributed by atoms with Crippen LogP contribution < -0.4 is 4.74 Å². The molecule has 2 rings (SSSR count). The van der Waals surface area contributed by atoms with Crippen molar-refractivity contribution in [3.05, 3.63) is 35.9 Å². The van der Waals surface area contributed by atoms with Crippen molar-refractivity contribution in [1.82, 2.24) is 0 Å². The van der Waals surface area contributed by atoms with Gasteiger partial charge in [0, 0.05) is 17.5 Å². The third-order valence-corrected chi connectivity index (χ3v) is 2.79. The first-order valence-electron chi connectivity index (χ1n) is 5.41. The monoisotopic (exact) mass is 216 g/mol. The minimum absolute atomic E-state index is 0.0698. The maximum Gasteiger partial charge on any atom is 0.159 e. The van der Waals surface area contributed by atoms with Gasteiger partial charge in [0.2, 0.25) is 0 Å². The Balaban J connectivity index is 2.49. The minimum Gasteiger partial charge on any atom is -0.487 e. The van der Waals surface area contributed by atoms with E-state index in [0.29, 0.717) is 5.56 Å². The highest BCUT2D eigenvalue weighted by Gasteiger charge is 2.29. The molecule has 2 heteroatoms. The number of benzene rings is 1. The van der Waals surface area contributed by atoms with Crippen LogP contribution in [0, 0.1) is 0 Å². The van der Waals surface area contributed by atoms with Crippen LogP contribution in [0.3, 0.4) is 0 Å². The second-order valence-electron chi connectivity index (χ2n) is 4.91. The standard InChI is InChI=1S/C14H16O2/c1-9-8-14(3,4)16-13-6-5-11(10(2)15)7-12(9)13/h5-7H,1,8H2,2-4H3. The molecule has 0 aliphatic carbocycles. The van der Waals surface area contributed by atoms with E-state index in [1.165, 1.54) is 0 Å². The van der Waals surface area contributed by atoms with E-state index in [9.17, 15) is 4.79 Å². The van der Waals surface area contributed by atoms with Crippen molar-refractivity contribution >= 4 is 11.4 Å². The zero-order chi connectivity index (χ0) is 11.9. The third-order valence-electron chi connectivity index (χ3n) is 2.79. The zero-order valence-electron chi connectivity index (χ0n) is 9.96. The lowest BCUT2D eigenvalue weighted by Gasteiger charge is -2.34. The molecular formula is C14H16O2. The van der Waals surface area contributed by atoms with Crippen molar-refractivity contribution in [1.29, 1.82) is 0 Å². The SMILES string of the molecule is C=C1CC(C)(C)Oc2ccc(C(C)=O)cc21. The molecule has 0 radical (unpaired) electrons. The number of Topliss-reactive ketones (excluding diaryl/α,β-unsaturated/α-hetero) is 1. The number of hydrogen-bond donors (Lipinski definition) is 0. The zero-order valence-corrected chi connectivity index (χ0v) is 9.96. The molecule has 0 fully saturated rings. The molecule has 0 amide bonds. The molecule has 16 heavy (non-hydrogen) atoms. The van der Waals surface area contributed by atoms with Crippen LogP contribution in [-0.4, -0.2) is 11.4 Å². The smallest absolute Gasteiger partial charge is 0.159 e. The van der Waals surface area contributed by atoms with Gasteiger partial charge in [-0.05, 0) is 44.5 Å². The number of rotatable bonds is 1. The average molecular weight is 216 g/mol. The van der Waals surface area contributed by atoms with Gasteiger partial charge in [0.25, 0.3) is 0 Å². The molecule has 84 valence electrons. The van der Waals surface area contributed by atoms with E-state index < -0.39 is 0 Å². The average Bonchev–Trinajstić information content (AvgIpc) is 2.15. The molecule has 1 aliphatic heterocycles. The van der Waals surface area contributed by atoms with Crippen molar-refractivity contribution < 1.29 is 9.53 Å². The summed E-state index contributed by atoms with van der Waals surface area (Å²) in [4.78, 5) is 11.3. The maximum atomic E-state index is 11.3. The predicted octanol–water partition coefficient (Wildman–Crippen LogP) is 3.46. The molecule has 0 unspecified atom stereocenters. The number of ether oxygens (including phenoxy) is 1. The summed E-state index contributed by atoms with van der Waals surface area (Å²) in [5, 5.41) is 0. The molecule has 0 spiro atoms. The van der Waals surface area contributed by atoms with Crippen LogP contribution in [0.25, 0.3) is 5.57 Å². The van der Waals surface area contributed by atoms with Gasteiger partial charge in [0.15, 0.2) is 5.78 Å². The van der Waals surface area contributed by atoms with Gasteiger partial charge in [-0.1, -0.05) is 6.58 Å². The van der Waals surface area contributed by atoms with Gasteiger partial charge in [0.05, 0.1) is 0 Å². The summed E-state index contributed by atoms with van der Waals surface area (Å²) in [7, 11) is 0. The lowest BCUT2D eigenvalue weighted by Crippen LogP contribution is -2.31. The molecule has 0 saturated carbocycles. The first-order chi connectivity index (χ1) is 7.39. The molecule has 0 bridgehead atoms. The highest BCUT2D eigenvalue weighted by Crippen LogP contribution is 2.39. The van der Waals surface area contributed by atoms with E-state index >= 15 is 0 Å². The van der Waals surface area contributed by atoms with Crippen molar-refractivity contribution in [2.75, 3.05) is 0 Å². The molecule has 1 aromatic carbocycles. The van der Waals surface area contributed by atoms with E-state index in [4.69, 9.17) is 4.74 Å². The fraction of sp³-hybridized carbons (Fsp3) is 0.357. The topological polar surface area (TPSA) is 26.3 Å². The fourth-order valence-corrected chi connectivity index (χ4v) is 2.06. The predicted molar refractivity (Wildman–Crippen MR) is 64.8 cm³/mol. The van der Waals surface area contributed by atoms with Gasteiger partial charge in [0.1, 0.15) is 11.4 Å². The summed E-state index contributed by atoms with van der Waals surface area (Å²) in [5.74, 6) is 0.895. The number of fused-ring (bicyclic) bond motifs is 1. The summed E-state index contributed by atoms with van der Waals surface area (Å²) in [6.45, 7) is 9.71. The molecular weight excluding hydrogens is 200 g/mol. The van der Waals surface area contributed by atoms with Gasteiger partial charge in [-0.3, -0.25) is 4.79 Å². The summed E-state index contributed by atoms with van der Waals surface area (Å²) in [6, 6.07) is 5.53. The minimum atomic E-state index is -0.207. The van der Waals surface area contributed by atoms with Crippen LogP contribution in [0.15, 0.2) is 24.8 Å². The van der Waals surface area contributed by atoms with Crippen LogP contribution in [0.2, 0.25) is 0 Å². The van der Waals surface area contributed by atoms with E-state index in [-0.39, 0.29) is 11.4 Å². The van der Waals surface area contributed by atoms with Crippen molar-refractivity contribution in [2.24, 2.45) is 0 Å². The van der Waals surface area contributed by atoms with Crippen LogP contribution in [0.1, 0.15) is 43.1 Å².